The summed E-state index contributed by atoms with van der Waals surface area (Å²) in [5.74, 6) is 0.436. The van der Waals surface area contributed by atoms with Gasteiger partial charge in [0.05, 0.1) is 17.1 Å². The van der Waals surface area contributed by atoms with Crippen LogP contribution < -0.4 is 14.4 Å². The molecule has 0 bridgehead atoms. The van der Waals surface area contributed by atoms with Crippen LogP contribution in [0.1, 0.15) is 18.1 Å². The van der Waals surface area contributed by atoms with Crippen LogP contribution >= 0.6 is 11.3 Å². The molecule has 7 nitrogen and oxygen atoms in total. The summed E-state index contributed by atoms with van der Waals surface area (Å²) in [6.45, 7) is 4.43. The zero-order valence-corrected chi connectivity index (χ0v) is 18.2. The van der Waals surface area contributed by atoms with Gasteiger partial charge in [-0.2, -0.15) is 0 Å². The molecule has 0 aliphatic carbocycles. The largest absolute Gasteiger partial charge is 0.482 e. The number of anilines is 2. The summed E-state index contributed by atoms with van der Waals surface area (Å²) in [6, 6.07) is 12.9. The number of fused-ring (bicyclic) bond motifs is 1. The Bertz CT molecular complexity index is 1190. The maximum Gasteiger partial charge on any atom is 0.265 e. The fourth-order valence-electron chi connectivity index (χ4n) is 3.23. The molecule has 1 aliphatic rings. The van der Waals surface area contributed by atoms with Crippen molar-refractivity contribution in [3.05, 3.63) is 59.0 Å². The molecule has 0 saturated heterocycles. The smallest absolute Gasteiger partial charge is 0.265 e. The predicted molar refractivity (Wildman–Crippen MR) is 118 cm³/mol. The number of sulfonamides is 1. The number of rotatable bonds is 6. The Balaban J connectivity index is 1.54. The SMILES string of the molecule is CCN1C(=O)COc2ccc(-c3csc(NS(=O)(=O)Cc4ccc(C)cc4)n3)cc21. The molecule has 2 heterocycles. The summed E-state index contributed by atoms with van der Waals surface area (Å²) >= 11 is 1.22. The number of aromatic nitrogens is 1. The summed E-state index contributed by atoms with van der Waals surface area (Å²) in [5, 5.41) is 2.09. The molecule has 4 rings (SSSR count). The van der Waals surface area contributed by atoms with E-state index in [0.717, 1.165) is 11.1 Å². The number of benzene rings is 2. The van der Waals surface area contributed by atoms with Gasteiger partial charge >= 0.3 is 0 Å². The minimum atomic E-state index is -3.58. The van der Waals surface area contributed by atoms with Crippen molar-refractivity contribution < 1.29 is 17.9 Å². The van der Waals surface area contributed by atoms with Crippen molar-refractivity contribution >= 4 is 38.1 Å². The topological polar surface area (TPSA) is 88.6 Å². The standard InChI is InChI=1S/C21H21N3O4S2/c1-3-24-18-10-16(8-9-19(18)28-11-20(24)25)17-12-29-21(22-17)23-30(26,27)13-15-6-4-14(2)5-7-15/h4-10,12H,3,11,13H2,1-2H3,(H,22,23). The van der Waals surface area contributed by atoms with E-state index in [1.54, 1.807) is 28.5 Å². The molecule has 1 aliphatic heterocycles. The Labute approximate surface area is 179 Å². The molecule has 156 valence electrons. The van der Waals surface area contributed by atoms with E-state index in [0.29, 0.717) is 34.4 Å². The highest BCUT2D eigenvalue weighted by Gasteiger charge is 2.25. The lowest BCUT2D eigenvalue weighted by Crippen LogP contribution is -2.38. The van der Waals surface area contributed by atoms with Crippen LogP contribution in [0.15, 0.2) is 47.8 Å². The number of ether oxygens (including phenoxy) is 1. The molecule has 0 saturated carbocycles. The minimum absolute atomic E-state index is 0.0315. The molecule has 9 heteroatoms. The fraction of sp³-hybridized carbons (Fsp3) is 0.238. The van der Waals surface area contributed by atoms with Gasteiger partial charge in [-0.1, -0.05) is 29.8 Å². The van der Waals surface area contributed by atoms with Crippen molar-refractivity contribution in [1.82, 2.24) is 4.98 Å². The van der Waals surface area contributed by atoms with Crippen molar-refractivity contribution in [3.8, 4) is 17.0 Å². The Morgan fingerprint density at radius 3 is 2.70 bits per heavy atom. The molecule has 2 aromatic carbocycles. The third-order valence-electron chi connectivity index (χ3n) is 4.74. The number of hydrogen-bond donors (Lipinski definition) is 1. The number of thiazole rings is 1. The number of nitrogens with zero attached hydrogens (tertiary/aromatic N) is 2. The molecular formula is C21H21N3O4S2. The lowest BCUT2D eigenvalue weighted by Gasteiger charge is -2.28. The molecule has 0 radical (unpaired) electrons. The second-order valence-electron chi connectivity index (χ2n) is 6.99. The number of hydrogen-bond acceptors (Lipinski definition) is 6. The van der Waals surface area contributed by atoms with Crippen LogP contribution in [0.3, 0.4) is 0 Å². The normalized spacial score (nSPS) is 13.7. The molecule has 1 N–H and O–H groups in total. The molecule has 3 aromatic rings. The second kappa shape index (κ2) is 8.08. The summed E-state index contributed by atoms with van der Waals surface area (Å²) in [4.78, 5) is 18.2. The van der Waals surface area contributed by atoms with E-state index in [-0.39, 0.29) is 18.3 Å². The van der Waals surface area contributed by atoms with Gasteiger partial charge in [0.25, 0.3) is 5.91 Å². The maximum absolute atomic E-state index is 12.5. The fourth-order valence-corrected chi connectivity index (χ4v) is 5.39. The van der Waals surface area contributed by atoms with Gasteiger partial charge in [-0.15, -0.1) is 11.3 Å². The quantitative estimate of drug-likeness (QED) is 0.626. The Hall–Kier alpha value is -2.91. The zero-order valence-electron chi connectivity index (χ0n) is 16.6. The van der Waals surface area contributed by atoms with Crippen LogP contribution in [0, 0.1) is 6.92 Å². The van der Waals surface area contributed by atoms with Crippen molar-refractivity contribution in [1.29, 1.82) is 0 Å². The van der Waals surface area contributed by atoms with Crippen molar-refractivity contribution in [2.45, 2.75) is 19.6 Å². The van der Waals surface area contributed by atoms with E-state index >= 15 is 0 Å². The van der Waals surface area contributed by atoms with Gasteiger partial charge in [0.15, 0.2) is 11.7 Å². The van der Waals surface area contributed by atoms with Crippen molar-refractivity contribution in [3.63, 3.8) is 0 Å². The third-order valence-corrected chi connectivity index (χ3v) is 6.84. The summed E-state index contributed by atoms with van der Waals surface area (Å²) in [5.41, 5.74) is 3.90. The van der Waals surface area contributed by atoms with Crippen LogP contribution in [0.2, 0.25) is 0 Å². The van der Waals surface area contributed by atoms with Crippen LogP contribution in [-0.4, -0.2) is 32.5 Å². The van der Waals surface area contributed by atoms with E-state index < -0.39 is 10.0 Å². The Morgan fingerprint density at radius 1 is 1.20 bits per heavy atom. The first kappa shape index (κ1) is 20.4. The number of aryl methyl sites for hydroxylation is 1. The first-order valence-corrected chi connectivity index (χ1v) is 12.0. The third kappa shape index (κ3) is 4.31. The Kier molecular flexibility index (Phi) is 5.48. The van der Waals surface area contributed by atoms with Crippen molar-refractivity contribution in [2.75, 3.05) is 22.8 Å². The number of carbonyl (C=O) groups excluding carboxylic acids is 1. The van der Waals surface area contributed by atoms with E-state index in [1.165, 1.54) is 11.3 Å². The van der Waals surface area contributed by atoms with E-state index in [2.05, 4.69) is 9.71 Å². The molecule has 0 fully saturated rings. The van der Waals surface area contributed by atoms with Crippen LogP contribution in [0.25, 0.3) is 11.3 Å². The van der Waals surface area contributed by atoms with Gasteiger partial charge in [-0.3, -0.25) is 9.52 Å². The van der Waals surface area contributed by atoms with Crippen LogP contribution in [0.4, 0.5) is 10.8 Å². The lowest BCUT2D eigenvalue weighted by atomic mass is 10.1. The highest BCUT2D eigenvalue weighted by atomic mass is 32.2. The zero-order chi connectivity index (χ0) is 21.3. The highest BCUT2D eigenvalue weighted by Crippen LogP contribution is 2.36. The number of carbonyl (C=O) groups is 1. The molecule has 1 aromatic heterocycles. The minimum Gasteiger partial charge on any atom is -0.482 e. The lowest BCUT2D eigenvalue weighted by molar-refractivity contribution is -0.121. The first-order chi connectivity index (χ1) is 14.3. The first-order valence-electron chi connectivity index (χ1n) is 9.44. The predicted octanol–water partition coefficient (Wildman–Crippen LogP) is 3.81. The van der Waals surface area contributed by atoms with Gasteiger partial charge in [0.1, 0.15) is 5.75 Å². The molecular weight excluding hydrogens is 422 g/mol. The van der Waals surface area contributed by atoms with Crippen molar-refractivity contribution in [2.24, 2.45) is 0 Å². The average Bonchev–Trinajstić information content (AvgIpc) is 3.16. The van der Waals surface area contributed by atoms with Gasteiger partial charge in [-0.05, 0) is 37.6 Å². The highest BCUT2D eigenvalue weighted by molar-refractivity contribution is 7.92. The monoisotopic (exact) mass is 443 g/mol. The number of nitrogens with one attached hydrogen (secondary N) is 1. The van der Waals surface area contributed by atoms with E-state index in [4.69, 9.17) is 4.74 Å². The van der Waals surface area contributed by atoms with E-state index in [1.807, 2.05) is 38.1 Å². The summed E-state index contributed by atoms with van der Waals surface area (Å²) in [7, 11) is -3.58. The molecule has 0 atom stereocenters. The molecule has 1 amide bonds. The maximum atomic E-state index is 12.5. The second-order valence-corrected chi connectivity index (χ2v) is 9.57. The van der Waals surface area contributed by atoms with Gasteiger partial charge in [0.2, 0.25) is 10.0 Å². The van der Waals surface area contributed by atoms with Gasteiger partial charge in [-0.25, -0.2) is 13.4 Å². The Morgan fingerprint density at radius 2 is 1.97 bits per heavy atom. The van der Waals surface area contributed by atoms with Gasteiger partial charge < -0.3 is 9.64 Å². The van der Waals surface area contributed by atoms with Crippen LogP contribution in [0.5, 0.6) is 5.75 Å². The molecule has 0 spiro atoms. The van der Waals surface area contributed by atoms with E-state index in [9.17, 15) is 13.2 Å². The summed E-state index contributed by atoms with van der Waals surface area (Å²) in [6.07, 6.45) is 0. The molecule has 0 unspecified atom stereocenters. The van der Waals surface area contributed by atoms with Gasteiger partial charge in [0, 0.05) is 17.5 Å². The number of amides is 1. The van der Waals surface area contributed by atoms with Crippen LogP contribution in [-0.2, 0) is 20.6 Å². The summed E-state index contributed by atoms with van der Waals surface area (Å²) < 4.78 is 33.1. The average molecular weight is 444 g/mol. The molecule has 30 heavy (non-hydrogen) atoms. The number of likely N-dealkylation sites (N-methyl/N-ethyl adjacent to an activating group) is 1.